The highest BCUT2D eigenvalue weighted by molar-refractivity contribution is 7.89. The number of sulfonamides is 1. The molecule has 6 nitrogen and oxygen atoms in total. The molecule has 0 amide bonds. The van der Waals surface area contributed by atoms with Crippen molar-refractivity contribution in [1.29, 1.82) is 0 Å². The molecule has 0 aromatic heterocycles. The second-order valence-corrected chi connectivity index (χ2v) is 6.48. The van der Waals surface area contributed by atoms with Gasteiger partial charge in [0.15, 0.2) is 0 Å². The van der Waals surface area contributed by atoms with E-state index in [-0.39, 0.29) is 17.3 Å². The molecule has 0 saturated heterocycles. The zero-order valence-corrected chi connectivity index (χ0v) is 12.4. The molecule has 7 heteroatoms. The van der Waals surface area contributed by atoms with Gasteiger partial charge in [-0.1, -0.05) is 0 Å². The molecule has 0 spiro atoms. The van der Waals surface area contributed by atoms with E-state index in [1.54, 1.807) is 13.8 Å². The van der Waals surface area contributed by atoms with E-state index in [0.717, 1.165) is 0 Å². The molecule has 0 aliphatic heterocycles. The lowest BCUT2D eigenvalue weighted by atomic mass is 10.1. The number of ether oxygens (including phenoxy) is 2. The molecular formula is C12H20N2O4S. The predicted octanol–water partition coefficient (Wildman–Crippen LogP) is 0.981. The van der Waals surface area contributed by atoms with Crippen LogP contribution in [0.2, 0.25) is 0 Å². The SMILES string of the molecule is COCC(C)(C)NS(=O)(=O)c1ccc(N)cc1OC. The second kappa shape index (κ2) is 5.77. The predicted molar refractivity (Wildman–Crippen MR) is 73.7 cm³/mol. The molecule has 19 heavy (non-hydrogen) atoms. The first-order valence-electron chi connectivity index (χ1n) is 5.68. The maximum atomic E-state index is 12.3. The van der Waals surface area contributed by atoms with Crippen LogP contribution in [0, 0.1) is 0 Å². The minimum absolute atomic E-state index is 0.0494. The van der Waals surface area contributed by atoms with Crippen LogP contribution in [0.1, 0.15) is 13.8 Å². The number of methoxy groups -OCH3 is 2. The van der Waals surface area contributed by atoms with E-state index in [0.29, 0.717) is 5.69 Å². The smallest absolute Gasteiger partial charge is 0.244 e. The zero-order chi connectivity index (χ0) is 14.7. The normalized spacial score (nSPS) is 12.4. The Morgan fingerprint density at radius 1 is 1.32 bits per heavy atom. The van der Waals surface area contributed by atoms with Crippen molar-refractivity contribution in [2.24, 2.45) is 0 Å². The molecule has 1 aromatic carbocycles. The van der Waals surface area contributed by atoms with Crippen LogP contribution < -0.4 is 15.2 Å². The maximum absolute atomic E-state index is 12.3. The third-order valence-electron chi connectivity index (χ3n) is 2.39. The van der Waals surface area contributed by atoms with Crippen molar-refractivity contribution >= 4 is 15.7 Å². The molecule has 1 aromatic rings. The second-order valence-electron chi connectivity index (χ2n) is 4.83. The van der Waals surface area contributed by atoms with Gasteiger partial charge in [-0.05, 0) is 26.0 Å². The Balaban J connectivity index is 3.14. The van der Waals surface area contributed by atoms with Crippen LogP contribution in [0.4, 0.5) is 5.69 Å². The quantitative estimate of drug-likeness (QED) is 0.761. The zero-order valence-electron chi connectivity index (χ0n) is 11.6. The summed E-state index contributed by atoms with van der Waals surface area (Å²) in [5.41, 5.74) is 5.32. The van der Waals surface area contributed by atoms with E-state index in [2.05, 4.69) is 4.72 Å². The lowest BCUT2D eigenvalue weighted by Gasteiger charge is -2.25. The van der Waals surface area contributed by atoms with Gasteiger partial charge in [-0.2, -0.15) is 0 Å². The molecular weight excluding hydrogens is 268 g/mol. The van der Waals surface area contributed by atoms with Crippen LogP contribution in [-0.4, -0.2) is 34.8 Å². The summed E-state index contributed by atoms with van der Waals surface area (Å²) in [6.45, 7) is 3.72. The van der Waals surface area contributed by atoms with Gasteiger partial charge in [0.05, 0.1) is 19.3 Å². The molecule has 0 aliphatic carbocycles. The van der Waals surface area contributed by atoms with Crippen molar-refractivity contribution in [2.45, 2.75) is 24.3 Å². The summed E-state index contributed by atoms with van der Waals surface area (Å²) >= 11 is 0. The van der Waals surface area contributed by atoms with Crippen LogP contribution in [0.5, 0.6) is 5.75 Å². The van der Waals surface area contributed by atoms with Gasteiger partial charge in [0.25, 0.3) is 0 Å². The van der Waals surface area contributed by atoms with Gasteiger partial charge in [-0.25, -0.2) is 13.1 Å². The van der Waals surface area contributed by atoms with E-state index in [4.69, 9.17) is 15.2 Å². The Bertz CT molecular complexity index is 541. The van der Waals surface area contributed by atoms with Gasteiger partial charge >= 0.3 is 0 Å². The molecule has 0 bridgehead atoms. The fraction of sp³-hybridized carbons (Fsp3) is 0.500. The highest BCUT2D eigenvalue weighted by atomic mass is 32.2. The Morgan fingerprint density at radius 3 is 2.47 bits per heavy atom. The summed E-state index contributed by atoms with van der Waals surface area (Å²) in [4.78, 5) is 0.0494. The van der Waals surface area contributed by atoms with Crippen molar-refractivity contribution in [3.05, 3.63) is 18.2 Å². The lowest BCUT2D eigenvalue weighted by Crippen LogP contribution is -2.46. The van der Waals surface area contributed by atoms with E-state index in [1.807, 2.05) is 0 Å². The molecule has 0 unspecified atom stereocenters. The van der Waals surface area contributed by atoms with E-state index < -0.39 is 15.6 Å². The first kappa shape index (κ1) is 15.7. The molecule has 0 heterocycles. The molecule has 0 atom stereocenters. The van der Waals surface area contributed by atoms with Gasteiger partial charge in [-0.15, -0.1) is 0 Å². The summed E-state index contributed by atoms with van der Waals surface area (Å²) in [6.07, 6.45) is 0. The standard InChI is InChI=1S/C12H20N2O4S/c1-12(2,8-17-3)14-19(15,16)11-6-5-9(13)7-10(11)18-4/h5-7,14H,8,13H2,1-4H3. The van der Waals surface area contributed by atoms with E-state index >= 15 is 0 Å². The number of hydrogen-bond donors (Lipinski definition) is 2. The van der Waals surface area contributed by atoms with E-state index in [1.165, 1.54) is 32.4 Å². The van der Waals surface area contributed by atoms with Crippen molar-refractivity contribution < 1.29 is 17.9 Å². The first-order chi connectivity index (χ1) is 8.72. The number of nitrogen functional groups attached to an aromatic ring is 1. The van der Waals surface area contributed by atoms with E-state index in [9.17, 15) is 8.42 Å². The van der Waals surface area contributed by atoms with Gasteiger partial charge in [0.2, 0.25) is 10.0 Å². The highest BCUT2D eigenvalue weighted by Gasteiger charge is 2.28. The Labute approximate surface area is 113 Å². The van der Waals surface area contributed by atoms with Crippen LogP contribution in [0.25, 0.3) is 0 Å². The first-order valence-corrected chi connectivity index (χ1v) is 7.16. The summed E-state index contributed by atoms with van der Waals surface area (Å²) in [5, 5.41) is 0. The molecule has 1 rings (SSSR count). The third-order valence-corrected chi connectivity index (χ3v) is 4.13. The Hall–Kier alpha value is -1.31. The van der Waals surface area contributed by atoms with Crippen molar-refractivity contribution in [3.63, 3.8) is 0 Å². The average molecular weight is 288 g/mol. The highest BCUT2D eigenvalue weighted by Crippen LogP contribution is 2.26. The minimum atomic E-state index is -3.71. The van der Waals surface area contributed by atoms with Crippen molar-refractivity contribution in [3.8, 4) is 5.75 Å². The molecule has 0 aliphatic rings. The van der Waals surface area contributed by atoms with Gasteiger partial charge < -0.3 is 15.2 Å². The summed E-state index contributed by atoms with van der Waals surface area (Å²) < 4.78 is 37.3. The maximum Gasteiger partial charge on any atom is 0.244 e. The monoisotopic (exact) mass is 288 g/mol. The number of hydrogen-bond acceptors (Lipinski definition) is 5. The van der Waals surface area contributed by atoms with Crippen LogP contribution in [0.15, 0.2) is 23.1 Å². The lowest BCUT2D eigenvalue weighted by molar-refractivity contribution is 0.141. The van der Waals surface area contributed by atoms with Crippen molar-refractivity contribution in [2.75, 3.05) is 26.6 Å². The number of nitrogens with one attached hydrogen (secondary N) is 1. The molecule has 0 fully saturated rings. The Kier molecular flexibility index (Phi) is 4.78. The largest absolute Gasteiger partial charge is 0.495 e. The number of anilines is 1. The van der Waals surface area contributed by atoms with Gasteiger partial charge in [0.1, 0.15) is 10.6 Å². The van der Waals surface area contributed by atoms with Gasteiger partial charge in [-0.3, -0.25) is 0 Å². The molecule has 3 N–H and O–H groups in total. The molecule has 108 valence electrons. The van der Waals surface area contributed by atoms with Crippen LogP contribution in [-0.2, 0) is 14.8 Å². The molecule has 0 radical (unpaired) electrons. The minimum Gasteiger partial charge on any atom is -0.495 e. The average Bonchev–Trinajstić information content (AvgIpc) is 2.26. The number of benzene rings is 1. The number of nitrogens with two attached hydrogens (primary N) is 1. The topological polar surface area (TPSA) is 90.7 Å². The fourth-order valence-corrected chi connectivity index (χ4v) is 3.27. The third kappa shape index (κ3) is 4.09. The Morgan fingerprint density at radius 2 is 1.95 bits per heavy atom. The fourth-order valence-electron chi connectivity index (χ4n) is 1.72. The summed E-state index contributed by atoms with van der Waals surface area (Å²) in [7, 11) is -0.800. The molecule has 0 saturated carbocycles. The van der Waals surface area contributed by atoms with Crippen molar-refractivity contribution in [1.82, 2.24) is 4.72 Å². The number of rotatable bonds is 6. The van der Waals surface area contributed by atoms with Crippen LogP contribution in [0.3, 0.4) is 0 Å². The van der Waals surface area contributed by atoms with Crippen LogP contribution >= 0.6 is 0 Å². The summed E-state index contributed by atoms with van der Waals surface area (Å²) in [5.74, 6) is 0.209. The van der Waals surface area contributed by atoms with Gasteiger partial charge in [0, 0.05) is 18.9 Å². The summed E-state index contributed by atoms with van der Waals surface area (Å²) in [6, 6.07) is 4.40.